The van der Waals surface area contributed by atoms with Crippen molar-refractivity contribution in [2.24, 2.45) is 23.7 Å². The molecule has 1 aromatic carbocycles. The van der Waals surface area contributed by atoms with Gasteiger partial charge in [-0.05, 0) is 71.7 Å². The molecule has 5 rings (SSSR count). The Morgan fingerprint density at radius 3 is 2.49 bits per heavy atom. The third kappa shape index (κ3) is 9.57. The van der Waals surface area contributed by atoms with Gasteiger partial charge >= 0.3 is 12.1 Å². The van der Waals surface area contributed by atoms with E-state index in [1.807, 2.05) is 43.3 Å². The number of aliphatic hydroxyl groups excluding tert-OH is 1. The van der Waals surface area contributed by atoms with Crippen molar-refractivity contribution in [1.82, 2.24) is 15.2 Å². The number of cyclic esters (lactones) is 1. The number of carbonyl (C=O) groups excluding carboxylic acids is 4. The molecule has 2 aromatic rings. The molecule has 13 atom stereocenters. The number of fused-ring (bicyclic) bond motifs is 2. The summed E-state index contributed by atoms with van der Waals surface area (Å²) in [6, 6.07) is 8.38. The van der Waals surface area contributed by atoms with Crippen molar-refractivity contribution in [3.63, 3.8) is 0 Å². The zero-order chi connectivity index (χ0) is 41.8. The summed E-state index contributed by atoms with van der Waals surface area (Å²) in [4.78, 5) is 61.7. The van der Waals surface area contributed by atoms with Gasteiger partial charge in [-0.15, -0.1) is 0 Å². The molecule has 0 bridgehead atoms. The zero-order valence-corrected chi connectivity index (χ0v) is 34.6. The topological polar surface area (TPSA) is 163 Å². The van der Waals surface area contributed by atoms with Crippen molar-refractivity contribution in [3.8, 4) is 0 Å². The molecule has 2 N–H and O–H groups in total. The third-order valence-electron chi connectivity index (χ3n) is 12.2. The van der Waals surface area contributed by atoms with Gasteiger partial charge in [0.15, 0.2) is 17.7 Å². The molecule has 0 saturated carbocycles. The van der Waals surface area contributed by atoms with E-state index in [2.05, 4.69) is 10.3 Å². The molecular formula is C43H60FN3O10. The van der Waals surface area contributed by atoms with Crippen LogP contribution in [0, 0.1) is 23.7 Å². The summed E-state index contributed by atoms with van der Waals surface area (Å²) in [7, 11) is 1.72. The average Bonchev–Trinajstić information content (AvgIpc) is 3.50. The molecular weight excluding hydrogens is 737 g/mol. The number of aliphatic hydroxyl groups is 1. The number of alkyl halides is 1. The number of esters is 1. The van der Waals surface area contributed by atoms with Crippen LogP contribution in [0.4, 0.5) is 9.18 Å². The Labute approximate surface area is 335 Å². The van der Waals surface area contributed by atoms with E-state index in [1.165, 1.54) is 6.92 Å². The van der Waals surface area contributed by atoms with Crippen molar-refractivity contribution in [2.75, 3.05) is 26.9 Å². The highest BCUT2D eigenvalue weighted by atomic mass is 19.1. The fourth-order valence-corrected chi connectivity index (χ4v) is 8.95. The molecule has 1 aromatic heterocycles. The molecule has 3 aliphatic heterocycles. The molecule has 1 amide bonds. The number of likely N-dealkylation sites (N-methyl/N-ethyl adjacent to an activating group) is 1. The molecule has 0 spiro atoms. The van der Waals surface area contributed by atoms with Crippen LogP contribution in [0.2, 0.25) is 0 Å². The Hall–Kier alpha value is -3.82. The van der Waals surface area contributed by atoms with E-state index in [0.29, 0.717) is 6.42 Å². The first-order valence-corrected chi connectivity index (χ1v) is 20.1. The number of alkyl carbamates (subject to hydrolysis) is 1. The lowest BCUT2D eigenvalue weighted by atomic mass is 9.73. The minimum atomic E-state index is -1.42. The van der Waals surface area contributed by atoms with Gasteiger partial charge in [-0.25, -0.2) is 9.18 Å². The number of rotatable bonds is 10. The van der Waals surface area contributed by atoms with Crippen LogP contribution < -0.4 is 5.32 Å². The first kappa shape index (κ1) is 44.3. The quantitative estimate of drug-likeness (QED) is 0.231. The number of amides is 1. The van der Waals surface area contributed by atoms with Gasteiger partial charge in [0.1, 0.15) is 30.6 Å². The molecule has 4 heterocycles. The lowest BCUT2D eigenvalue weighted by molar-refractivity contribution is -0.297. The molecule has 14 heteroatoms. The van der Waals surface area contributed by atoms with Gasteiger partial charge in [-0.2, -0.15) is 0 Å². The SMILES string of the molecule is CC[C@H]1OC(=O)[C@H](C)C(=O)[C@H](C)[C@@H](OC2O[C@H](C)C[C@H](N(C)CCF)[C@H]2O)[C@@](C)(OC/C=C/c2cnc3ccccc3c2)C[C@@H](C)C(=O)[C@H](C)[C@H]2NC(=O)O[C@@]21C. The number of Topliss-reactive ketones (excluding diaryl/α,β-unsaturated/α-hetero) is 2. The first-order valence-electron chi connectivity index (χ1n) is 20.1. The van der Waals surface area contributed by atoms with Gasteiger partial charge in [0.2, 0.25) is 0 Å². The summed E-state index contributed by atoms with van der Waals surface area (Å²) in [6.07, 6.45) is 0.305. The Morgan fingerprint density at radius 2 is 1.79 bits per heavy atom. The van der Waals surface area contributed by atoms with Crippen molar-refractivity contribution < 1.29 is 52.4 Å². The molecule has 3 saturated heterocycles. The summed E-state index contributed by atoms with van der Waals surface area (Å²) >= 11 is 0. The Morgan fingerprint density at radius 1 is 1.07 bits per heavy atom. The van der Waals surface area contributed by atoms with E-state index in [-0.39, 0.29) is 31.8 Å². The van der Waals surface area contributed by atoms with Crippen molar-refractivity contribution in [2.45, 2.75) is 129 Å². The van der Waals surface area contributed by atoms with Crippen LogP contribution in [0.15, 0.2) is 42.6 Å². The maximum Gasteiger partial charge on any atom is 0.408 e. The van der Waals surface area contributed by atoms with E-state index < -0.39 is 102 Å². The fourth-order valence-electron chi connectivity index (χ4n) is 8.95. The average molecular weight is 798 g/mol. The molecule has 3 fully saturated rings. The highest BCUT2D eigenvalue weighted by molar-refractivity contribution is 6.00. The molecule has 13 nitrogen and oxygen atoms in total. The zero-order valence-electron chi connectivity index (χ0n) is 34.6. The van der Waals surface area contributed by atoms with E-state index >= 15 is 0 Å². The maximum atomic E-state index is 14.5. The molecule has 1 unspecified atom stereocenters. The van der Waals surface area contributed by atoms with Gasteiger partial charge in [0.05, 0.1) is 36.0 Å². The van der Waals surface area contributed by atoms with E-state index in [9.17, 15) is 28.7 Å². The summed E-state index contributed by atoms with van der Waals surface area (Å²) in [5.74, 6) is -5.40. The van der Waals surface area contributed by atoms with Gasteiger partial charge in [-0.1, -0.05) is 58.0 Å². The van der Waals surface area contributed by atoms with Crippen LogP contribution in [-0.2, 0) is 38.1 Å². The van der Waals surface area contributed by atoms with Crippen LogP contribution in [0.1, 0.15) is 80.2 Å². The molecule has 0 aliphatic carbocycles. The first-order chi connectivity index (χ1) is 26.9. The van der Waals surface area contributed by atoms with Gasteiger partial charge in [0.25, 0.3) is 0 Å². The van der Waals surface area contributed by atoms with Crippen molar-refractivity contribution in [3.05, 3.63) is 48.2 Å². The number of carbonyl (C=O) groups is 4. The lowest BCUT2D eigenvalue weighted by Gasteiger charge is -2.47. The summed E-state index contributed by atoms with van der Waals surface area (Å²) in [5.41, 5.74) is -1.13. The smallest absolute Gasteiger partial charge is 0.408 e. The second kappa shape index (κ2) is 18.4. The van der Waals surface area contributed by atoms with Crippen LogP contribution in [-0.4, -0.2) is 119 Å². The number of aromatic nitrogens is 1. The van der Waals surface area contributed by atoms with Gasteiger partial charge < -0.3 is 34.1 Å². The van der Waals surface area contributed by atoms with E-state index in [1.54, 1.807) is 65.8 Å². The van der Waals surface area contributed by atoms with Crippen LogP contribution in [0.3, 0.4) is 0 Å². The predicted molar refractivity (Wildman–Crippen MR) is 211 cm³/mol. The largest absolute Gasteiger partial charge is 0.458 e. The molecule has 314 valence electrons. The van der Waals surface area contributed by atoms with Gasteiger partial charge in [0, 0.05) is 41.9 Å². The molecule has 57 heavy (non-hydrogen) atoms. The number of hydrogen-bond acceptors (Lipinski definition) is 12. The second-order valence-electron chi connectivity index (χ2n) is 16.6. The minimum absolute atomic E-state index is 0.0211. The van der Waals surface area contributed by atoms with E-state index in [0.717, 1.165) is 16.5 Å². The second-order valence-corrected chi connectivity index (χ2v) is 16.6. The Bertz CT molecular complexity index is 1790. The number of nitrogens with one attached hydrogen (secondary N) is 1. The number of pyridine rings is 1. The van der Waals surface area contributed by atoms with Crippen LogP contribution in [0.5, 0.6) is 0 Å². The van der Waals surface area contributed by atoms with Crippen LogP contribution >= 0.6 is 0 Å². The predicted octanol–water partition coefficient (Wildman–Crippen LogP) is 5.45. The minimum Gasteiger partial charge on any atom is -0.458 e. The van der Waals surface area contributed by atoms with E-state index in [4.69, 9.17) is 23.7 Å². The molecule has 0 radical (unpaired) electrons. The number of ketones is 2. The Balaban J connectivity index is 1.56. The standard InChI is InChI=1S/C43H60FN3O10/c1-10-33-43(8)37(46-41(52)57-43)26(4)34(48)24(2)22-42(7,53-19-13-14-29-21-30-15-11-12-16-31(30)45-23-29)38(27(5)35(49)28(6)39(51)55-33)56-40-36(50)32(20-25(3)54-40)47(9)18-17-44/h11-16,21,23-28,32-33,36-38,40,50H,10,17-20,22H2,1-9H3,(H,46,52)/b14-13+/t24-,25-,26+,27+,28-,32+,33-,36-,37-,38-,40?,42+,43-/m1/s1. The van der Waals surface area contributed by atoms with Crippen molar-refractivity contribution >= 4 is 40.6 Å². The lowest BCUT2D eigenvalue weighted by Crippen LogP contribution is -2.60. The maximum absolute atomic E-state index is 14.5. The number of ether oxygens (including phenoxy) is 5. The molecule has 3 aliphatic rings. The fraction of sp³-hybridized carbons (Fsp3) is 0.651. The van der Waals surface area contributed by atoms with Crippen LogP contribution in [0.25, 0.3) is 17.0 Å². The summed E-state index contributed by atoms with van der Waals surface area (Å²) < 4.78 is 44.8. The number of nitrogens with zero attached hydrogens (tertiary/aromatic N) is 2. The van der Waals surface area contributed by atoms with Crippen molar-refractivity contribution in [1.29, 1.82) is 0 Å². The Kier molecular flexibility index (Phi) is 14.3. The number of halogens is 1. The highest BCUT2D eigenvalue weighted by Crippen LogP contribution is 2.40. The highest BCUT2D eigenvalue weighted by Gasteiger charge is 2.57. The number of hydrogen-bond donors (Lipinski definition) is 2. The van der Waals surface area contributed by atoms with Gasteiger partial charge in [-0.3, -0.25) is 24.3 Å². The number of para-hydroxylation sites is 1. The number of benzene rings is 1. The summed E-state index contributed by atoms with van der Waals surface area (Å²) in [5, 5.41) is 15.4. The normalized spacial score (nSPS) is 37.2. The third-order valence-corrected chi connectivity index (χ3v) is 12.2. The summed E-state index contributed by atoms with van der Waals surface area (Å²) in [6.45, 7) is 13.0. The monoisotopic (exact) mass is 797 g/mol.